The van der Waals surface area contributed by atoms with Gasteiger partial charge < -0.3 is 10.3 Å². The van der Waals surface area contributed by atoms with Crippen molar-refractivity contribution in [3.63, 3.8) is 0 Å². The molecule has 0 aliphatic heterocycles. The molecule has 0 aliphatic carbocycles. The molecule has 102 valence electrons. The summed E-state index contributed by atoms with van der Waals surface area (Å²) in [5.41, 5.74) is 8.39. The Labute approximate surface area is 114 Å². The molecule has 0 amide bonds. The lowest BCUT2D eigenvalue weighted by molar-refractivity contribution is 0.317. The zero-order valence-corrected chi connectivity index (χ0v) is 12.0. The van der Waals surface area contributed by atoms with Crippen LogP contribution in [0, 0.1) is 0 Å². The highest BCUT2D eigenvalue weighted by molar-refractivity contribution is 5.33. The Kier molecular flexibility index (Phi) is 3.71. The van der Waals surface area contributed by atoms with Gasteiger partial charge in [0.15, 0.2) is 5.82 Å². The summed E-state index contributed by atoms with van der Waals surface area (Å²) in [7, 11) is 0. The summed E-state index contributed by atoms with van der Waals surface area (Å²) < 4.78 is 5.30. The van der Waals surface area contributed by atoms with Crippen molar-refractivity contribution in [3.05, 3.63) is 47.1 Å². The maximum atomic E-state index is 6.26. The van der Waals surface area contributed by atoms with Crippen molar-refractivity contribution in [1.82, 2.24) is 10.1 Å². The summed E-state index contributed by atoms with van der Waals surface area (Å²) in [5, 5.41) is 4.02. The van der Waals surface area contributed by atoms with Crippen LogP contribution in [0.2, 0.25) is 0 Å². The molecule has 1 heterocycles. The lowest BCUT2D eigenvalue weighted by Crippen LogP contribution is -2.17. The molecule has 1 atom stereocenters. The van der Waals surface area contributed by atoms with Gasteiger partial charge in [-0.1, -0.05) is 57.1 Å². The number of benzene rings is 1. The van der Waals surface area contributed by atoms with Gasteiger partial charge >= 0.3 is 0 Å². The summed E-state index contributed by atoms with van der Waals surface area (Å²) >= 11 is 0. The molecule has 4 heteroatoms. The number of hydrogen-bond donors (Lipinski definition) is 1. The molecule has 1 aromatic carbocycles. The average molecular weight is 259 g/mol. The maximum absolute atomic E-state index is 6.26. The van der Waals surface area contributed by atoms with Crippen molar-refractivity contribution in [2.45, 2.75) is 45.6 Å². The van der Waals surface area contributed by atoms with Crippen LogP contribution >= 0.6 is 0 Å². The Hall–Kier alpha value is -1.68. The van der Waals surface area contributed by atoms with Crippen LogP contribution in [-0.4, -0.2) is 10.1 Å². The van der Waals surface area contributed by atoms with Gasteiger partial charge in [0.05, 0.1) is 6.04 Å². The van der Waals surface area contributed by atoms with Crippen molar-refractivity contribution >= 4 is 0 Å². The average Bonchev–Trinajstić information content (AvgIpc) is 2.87. The van der Waals surface area contributed by atoms with Crippen molar-refractivity contribution in [2.75, 3.05) is 0 Å². The van der Waals surface area contributed by atoms with Gasteiger partial charge in [0, 0.05) is 5.41 Å². The third kappa shape index (κ3) is 2.84. The maximum Gasteiger partial charge on any atom is 0.232 e. The molecule has 0 saturated heterocycles. The van der Waals surface area contributed by atoms with E-state index in [9.17, 15) is 0 Å². The standard InChI is InChI=1S/C15H21N3O/c1-5-10-8-6-7-9-11(10)12(16)13-17-14(19-18-13)15(2,3)4/h6-9,12H,5,16H2,1-4H3. The second-order valence-corrected chi connectivity index (χ2v) is 5.74. The quantitative estimate of drug-likeness (QED) is 0.920. The van der Waals surface area contributed by atoms with E-state index in [0.29, 0.717) is 11.7 Å². The topological polar surface area (TPSA) is 64.9 Å². The van der Waals surface area contributed by atoms with Gasteiger partial charge in [-0.15, -0.1) is 0 Å². The highest BCUT2D eigenvalue weighted by Gasteiger charge is 2.24. The fourth-order valence-electron chi connectivity index (χ4n) is 1.96. The van der Waals surface area contributed by atoms with Gasteiger partial charge in [-0.25, -0.2) is 0 Å². The number of rotatable bonds is 3. The predicted octanol–water partition coefficient (Wildman–Crippen LogP) is 2.98. The summed E-state index contributed by atoms with van der Waals surface area (Å²) in [4.78, 5) is 4.43. The van der Waals surface area contributed by atoms with Crippen LogP contribution in [0.25, 0.3) is 0 Å². The van der Waals surface area contributed by atoms with E-state index >= 15 is 0 Å². The summed E-state index contributed by atoms with van der Waals surface area (Å²) in [5.74, 6) is 1.16. The second kappa shape index (κ2) is 5.13. The van der Waals surface area contributed by atoms with E-state index in [2.05, 4.69) is 23.1 Å². The second-order valence-electron chi connectivity index (χ2n) is 5.74. The number of aromatic nitrogens is 2. The Morgan fingerprint density at radius 3 is 2.53 bits per heavy atom. The van der Waals surface area contributed by atoms with E-state index in [1.165, 1.54) is 5.56 Å². The molecular weight excluding hydrogens is 238 g/mol. The van der Waals surface area contributed by atoms with E-state index in [0.717, 1.165) is 12.0 Å². The number of hydrogen-bond acceptors (Lipinski definition) is 4. The third-order valence-corrected chi connectivity index (χ3v) is 3.13. The first-order valence-electron chi connectivity index (χ1n) is 6.61. The highest BCUT2D eigenvalue weighted by Crippen LogP contribution is 2.25. The molecule has 0 saturated carbocycles. The largest absolute Gasteiger partial charge is 0.339 e. The Balaban J connectivity index is 2.34. The van der Waals surface area contributed by atoms with Crippen LogP contribution < -0.4 is 5.73 Å². The van der Waals surface area contributed by atoms with E-state index < -0.39 is 0 Å². The monoisotopic (exact) mass is 259 g/mol. The molecule has 0 aliphatic rings. The van der Waals surface area contributed by atoms with Crippen molar-refractivity contribution in [3.8, 4) is 0 Å². The van der Waals surface area contributed by atoms with Crippen LogP contribution in [-0.2, 0) is 11.8 Å². The third-order valence-electron chi connectivity index (χ3n) is 3.13. The van der Waals surface area contributed by atoms with E-state index in [1.54, 1.807) is 0 Å². The van der Waals surface area contributed by atoms with Gasteiger partial charge in [-0.2, -0.15) is 4.98 Å². The summed E-state index contributed by atoms with van der Waals surface area (Å²) in [6.07, 6.45) is 0.938. The van der Waals surface area contributed by atoms with Crippen LogP contribution in [0.5, 0.6) is 0 Å². The van der Waals surface area contributed by atoms with Gasteiger partial charge in [-0.3, -0.25) is 0 Å². The molecule has 0 spiro atoms. The lowest BCUT2D eigenvalue weighted by atomic mass is 9.96. The molecule has 1 aromatic heterocycles. The minimum atomic E-state index is -0.337. The summed E-state index contributed by atoms with van der Waals surface area (Å²) in [6.45, 7) is 8.23. The van der Waals surface area contributed by atoms with Crippen LogP contribution in [0.3, 0.4) is 0 Å². The van der Waals surface area contributed by atoms with Gasteiger partial charge in [0.2, 0.25) is 5.89 Å². The van der Waals surface area contributed by atoms with Gasteiger partial charge in [0.1, 0.15) is 0 Å². The minimum Gasteiger partial charge on any atom is -0.339 e. The lowest BCUT2D eigenvalue weighted by Gasteiger charge is -2.13. The van der Waals surface area contributed by atoms with Crippen LogP contribution in [0.4, 0.5) is 0 Å². The molecule has 0 radical (unpaired) electrons. The Morgan fingerprint density at radius 2 is 1.95 bits per heavy atom. The Morgan fingerprint density at radius 1 is 1.26 bits per heavy atom. The summed E-state index contributed by atoms with van der Waals surface area (Å²) in [6, 6.07) is 7.78. The van der Waals surface area contributed by atoms with E-state index in [1.807, 2.05) is 39.0 Å². The fourth-order valence-corrected chi connectivity index (χ4v) is 1.96. The molecule has 19 heavy (non-hydrogen) atoms. The first kappa shape index (κ1) is 13.7. The molecule has 0 fully saturated rings. The van der Waals surface area contributed by atoms with Crippen LogP contribution in [0.1, 0.15) is 56.6 Å². The normalized spacial score (nSPS) is 13.5. The van der Waals surface area contributed by atoms with Crippen LogP contribution in [0.15, 0.2) is 28.8 Å². The van der Waals surface area contributed by atoms with Gasteiger partial charge in [-0.05, 0) is 17.5 Å². The first-order valence-corrected chi connectivity index (χ1v) is 6.61. The van der Waals surface area contributed by atoms with Gasteiger partial charge in [0.25, 0.3) is 0 Å². The van der Waals surface area contributed by atoms with E-state index in [4.69, 9.17) is 10.3 Å². The molecule has 2 rings (SSSR count). The molecule has 2 aromatic rings. The van der Waals surface area contributed by atoms with Crippen molar-refractivity contribution in [2.24, 2.45) is 5.73 Å². The zero-order valence-electron chi connectivity index (χ0n) is 12.0. The molecule has 4 nitrogen and oxygen atoms in total. The molecule has 0 bridgehead atoms. The molecule has 1 unspecified atom stereocenters. The first-order chi connectivity index (χ1) is 8.93. The minimum absolute atomic E-state index is 0.157. The van der Waals surface area contributed by atoms with E-state index in [-0.39, 0.29) is 11.5 Å². The fraction of sp³-hybridized carbons (Fsp3) is 0.467. The predicted molar refractivity (Wildman–Crippen MR) is 74.8 cm³/mol. The number of nitrogens with two attached hydrogens (primary N) is 1. The van der Waals surface area contributed by atoms with Crippen molar-refractivity contribution < 1.29 is 4.52 Å². The zero-order chi connectivity index (χ0) is 14.0. The SMILES string of the molecule is CCc1ccccc1C(N)c1noc(C(C)(C)C)n1. The Bertz CT molecular complexity index is 555. The highest BCUT2D eigenvalue weighted by atomic mass is 16.5. The molecular formula is C15H21N3O. The number of nitrogens with zero attached hydrogens (tertiary/aromatic N) is 2. The molecule has 2 N–H and O–H groups in total. The smallest absolute Gasteiger partial charge is 0.232 e. The van der Waals surface area contributed by atoms with Crippen molar-refractivity contribution in [1.29, 1.82) is 0 Å². The number of aryl methyl sites for hydroxylation is 1.